The number of unbranched alkanes of at least 4 members (excludes halogenated alkanes) is 54. The average Bonchev–Trinajstić information content (AvgIpc) is 0.905. The molecule has 3 N–H and O–H groups in total. The first-order chi connectivity index (χ1) is 50.4. The van der Waals surface area contributed by atoms with Gasteiger partial charge in [0.15, 0.2) is 12.2 Å². The molecule has 104 heavy (non-hydrogen) atoms. The largest absolute Gasteiger partial charge is 0.472 e. The summed E-state index contributed by atoms with van der Waals surface area (Å²) in [4.78, 5) is 73.2. The number of rotatable bonds is 84. The molecular weight excluding hydrogens is 1350 g/mol. The SMILES string of the molecule is CCCCCCCCCCCCCCCCCCC(=O)OC[C@H](COP(=O)(O)OC[C@@H](O)COP(=O)(O)OC[C@@H](COC(=O)CCCCCCCCCCCCCC)OC(=O)CCCCCCCCCCCCCCC(C)C)OC(=O)CCCCCCCCCCCCCCCCCCCCC(C)C. The highest BCUT2D eigenvalue weighted by Gasteiger charge is 2.30. The minimum Gasteiger partial charge on any atom is -0.462 e. The minimum atomic E-state index is -4.96. The molecule has 0 amide bonds. The Kier molecular flexibility index (Phi) is 75.0. The van der Waals surface area contributed by atoms with Crippen LogP contribution < -0.4 is 0 Å². The average molecular weight is 1520 g/mol. The first kappa shape index (κ1) is 102. The van der Waals surface area contributed by atoms with Gasteiger partial charge in [0.1, 0.15) is 19.3 Å². The molecule has 17 nitrogen and oxygen atoms in total. The Bertz CT molecular complexity index is 1990. The minimum absolute atomic E-state index is 0.108. The Morgan fingerprint density at radius 3 is 0.654 bits per heavy atom. The van der Waals surface area contributed by atoms with Crippen LogP contribution in [0.25, 0.3) is 0 Å². The van der Waals surface area contributed by atoms with Crippen LogP contribution >= 0.6 is 15.6 Å². The van der Waals surface area contributed by atoms with E-state index < -0.39 is 97.5 Å². The van der Waals surface area contributed by atoms with Gasteiger partial charge in [0.05, 0.1) is 26.4 Å². The van der Waals surface area contributed by atoms with Gasteiger partial charge in [-0.3, -0.25) is 37.3 Å². The van der Waals surface area contributed by atoms with E-state index in [1.54, 1.807) is 0 Å². The van der Waals surface area contributed by atoms with Crippen molar-refractivity contribution in [3.8, 4) is 0 Å². The molecule has 0 saturated heterocycles. The maximum atomic E-state index is 13.1. The quantitative estimate of drug-likeness (QED) is 0.0222. The van der Waals surface area contributed by atoms with Crippen molar-refractivity contribution in [2.24, 2.45) is 11.8 Å². The molecule has 0 aliphatic heterocycles. The number of ether oxygens (including phenoxy) is 4. The first-order valence-corrected chi connectivity index (χ1v) is 47.0. The molecule has 618 valence electrons. The number of hydrogen-bond acceptors (Lipinski definition) is 15. The van der Waals surface area contributed by atoms with Gasteiger partial charge in [-0.05, 0) is 37.5 Å². The Labute approximate surface area is 638 Å². The summed E-state index contributed by atoms with van der Waals surface area (Å²) < 4.78 is 68.9. The number of hydrogen-bond donors (Lipinski definition) is 3. The van der Waals surface area contributed by atoms with E-state index in [0.717, 1.165) is 102 Å². The number of esters is 4. The predicted molar refractivity (Wildman–Crippen MR) is 428 cm³/mol. The summed E-state index contributed by atoms with van der Waals surface area (Å²) >= 11 is 0. The third-order valence-electron chi connectivity index (χ3n) is 20.0. The third-order valence-corrected chi connectivity index (χ3v) is 21.9. The highest BCUT2D eigenvalue weighted by molar-refractivity contribution is 7.47. The number of carbonyl (C=O) groups is 4. The van der Waals surface area contributed by atoms with Crippen LogP contribution in [0, 0.1) is 11.8 Å². The van der Waals surface area contributed by atoms with Crippen molar-refractivity contribution >= 4 is 39.5 Å². The molecule has 0 aliphatic carbocycles. The molecule has 0 saturated carbocycles. The van der Waals surface area contributed by atoms with E-state index in [1.165, 1.54) is 270 Å². The van der Waals surface area contributed by atoms with Crippen molar-refractivity contribution in [3.05, 3.63) is 0 Å². The molecule has 0 aliphatic rings. The molecule has 0 bridgehead atoms. The van der Waals surface area contributed by atoms with Gasteiger partial charge in [0, 0.05) is 25.7 Å². The summed E-state index contributed by atoms with van der Waals surface area (Å²) in [6, 6.07) is 0. The lowest BCUT2D eigenvalue weighted by Gasteiger charge is -2.21. The summed E-state index contributed by atoms with van der Waals surface area (Å²) in [5, 5.41) is 10.7. The van der Waals surface area contributed by atoms with Gasteiger partial charge >= 0.3 is 39.5 Å². The van der Waals surface area contributed by atoms with Gasteiger partial charge in [-0.25, -0.2) is 9.13 Å². The topological polar surface area (TPSA) is 237 Å². The second-order valence-electron chi connectivity index (χ2n) is 31.5. The van der Waals surface area contributed by atoms with Crippen LogP contribution in [0.2, 0.25) is 0 Å². The Hall–Kier alpha value is -1.94. The second kappa shape index (κ2) is 76.4. The molecule has 5 atom stereocenters. The third kappa shape index (κ3) is 78.2. The van der Waals surface area contributed by atoms with Crippen LogP contribution in [0.4, 0.5) is 0 Å². The van der Waals surface area contributed by atoms with E-state index in [9.17, 15) is 43.2 Å². The van der Waals surface area contributed by atoms with E-state index in [-0.39, 0.29) is 25.7 Å². The Balaban J connectivity index is 5.24. The first-order valence-electron chi connectivity index (χ1n) is 44.0. The van der Waals surface area contributed by atoms with Crippen molar-refractivity contribution in [1.82, 2.24) is 0 Å². The van der Waals surface area contributed by atoms with E-state index in [2.05, 4.69) is 41.5 Å². The number of carbonyl (C=O) groups excluding carboxylic acids is 4. The molecule has 0 heterocycles. The van der Waals surface area contributed by atoms with Crippen molar-refractivity contribution in [2.45, 2.75) is 471 Å². The van der Waals surface area contributed by atoms with Crippen LogP contribution in [0.3, 0.4) is 0 Å². The van der Waals surface area contributed by atoms with Gasteiger partial charge in [-0.1, -0.05) is 401 Å². The molecule has 0 fully saturated rings. The molecular formula is C85H166O17P2. The number of aliphatic hydroxyl groups excluding tert-OH is 1. The van der Waals surface area contributed by atoms with Gasteiger partial charge in [-0.15, -0.1) is 0 Å². The molecule has 0 aromatic rings. The monoisotopic (exact) mass is 1520 g/mol. The molecule has 0 aromatic carbocycles. The van der Waals surface area contributed by atoms with E-state index in [4.69, 9.17) is 37.0 Å². The smallest absolute Gasteiger partial charge is 0.462 e. The van der Waals surface area contributed by atoms with Crippen LogP contribution in [0.5, 0.6) is 0 Å². The Morgan fingerprint density at radius 1 is 0.260 bits per heavy atom. The summed E-state index contributed by atoms with van der Waals surface area (Å²) in [6.07, 6.45) is 67.9. The van der Waals surface area contributed by atoms with Crippen LogP contribution in [0.1, 0.15) is 452 Å². The van der Waals surface area contributed by atoms with Crippen LogP contribution in [-0.2, 0) is 65.4 Å². The normalized spacial score (nSPS) is 13.8. The lowest BCUT2D eigenvalue weighted by Crippen LogP contribution is -2.30. The maximum absolute atomic E-state index is 13.1. The summed E-state index contributed by atoms with van der Waals surface area (Å²) in [5.41, 5.74) is 0. The van der Waals surface area contributed by atoms with Gasteiger partial charge in [0.2, 0.25) is 0 Å². The highest BCUT2D eigenvalue weighted by Crippen LogP contribution is 2.45. The fraction of sp³-hybridized carbons (Fsp3) is 0.953. The highest BCUT2D eigenvalue weighted by atomic mass is 31.2. The summed E-state index contributed by atoms with van der Waals surface area (Å²) in [7, 11) is -9.93. The molecule has 0 rings (SSSR count). The zero-order chi connectivity index (χ0) is 76.4. The van der Waals surface area contributed by atoms with Gasteiger partial charge in [-0.2, -0.15) is 0 Å². The summed E-state index contributed by atoms with van der Waals surface area (Å²) in [6.45, 7) is 9.71. The van der Waals surface area contributed by atoms with E-state index in [1.807, 2.05) is 0 Å². The van der Waals surface area contributed by atoms with Crippen LogP contribution in [0.15, 0.2) is 0 Å². The fourth-order valence-corrected chi connectivity index (χ4v) is 14.8. The van der Waals surface area contributed by atoms with Crippen molar-refractivity contribution in [3.63, 3.8) is 0 Å². The van der Waals surface area contributed by atoms with Gasteiger partial charge in [0.25, 0.3) is 0 Å². The van der Waals surface area contributed by atoms with Gasteiger partial charge < -0.3 is 33.8 Å². The number of aliphatic hydroxyl groups is 1. The van der Waals surface area contributed by atoms with Crippen molar-refractivity contribution in [1.29, 1.82) is 0 Å². The van der Waals surface area contributed by atoms with Crippen LogP contribution in [-0.4, -0.2) is 96.7 Å². The zero-order valence-corrected chi connectivity index (χ0v) is 70.1. The molecule has 19 heteroatoms. The van der Waals surface area contributed by atoms with Crippen molar-refractivity contribution in [2.75, 3.05) is 39.6 Å². The molecule has 0 aromatic heterocycles. The van der Waals surface area contributed by atoms with E-state index >= 15 is 0 Å². The number of phosphoric acid groups is 2. The Morgan fingerprint density at radius 2 is 0.442 bits per heavy atom. The molecule has 0 radical (unpaired) electrons. The zero-order valence-electron chi connectivity index (χ0n) is 68.3. The second-order valence-corrected chi connectivity index (χ2v) is 34.4. The summed E-state index contributed by atoms with van der Waals surface area (Å²) in [5.74, 6) is -0.504. The fourth-order valence-electron chi connectivity index (χ4n) is 13.2. The van der Waals surface area contributed by atoms with E-state index in [0.29, 0.717) is 25.7 Å². The standard InChI is InChI=1S/C85H166O17P2/c1-7-9-11-13-15-17-19-21-22-28-31-38-44-50-56-62-68-83(88)96-74-81(101-84(89)69-63-57-51-45-39-32-29-26-24-23-25-27-30-35-41-47-53-59-65-77(3)4)76-100-104(93,94)98-72-79(86)71-97-103(91,92)99-75-80(73-95-82(87)67-61-55-49-43-37-20-18-16-14-12-10-8-2)102-85(90)70-64-58-52-46-40-34-33-36-42-48-54-60-66-78(5)6/h77-81,86H,7-76H2,1-6H3,(H,91,92)(H,93,94)/t79-,80+,81+/m0/s1. The lowest BCUT2D eigenvalue weighted by molar-refractivity contribution is -0.161. The number of phosphoric ester groups is 2. The maximum Gasteiger partial charge on any atom is 0.472 e. The predicted octanol–water partition coefficient (Wildman–Crippen LogP) is 25.8. The lowest BCUT2D eigenvalue weighted by atomic mass is 10.0. The molecule has 0 spiro atoms. The molecule has 2 unspecified atom stereocenters. The van der Waals surface area contributed by atoms with Crippen molar-refractivity contribution < 1.29 is 80.2 Å².